The van der Waals surface area contributed by atoms with Crippen LogP contribution in [0.25, 0.3) is 0 Å². The van der Waals surface area contributed by atoms with Crippen molar-refractivity contribution in [1.82, 2.24) is 0 Å². The van der Waals surface area contributed by atoms with Crippen molar-refractivity contribution in [1.29, 1.82) is 0 Å². The smallest absolute Gasteiger partial charge is 0.435 e. The molecule has 0 radical (unpaired) electrons. The molecule has 0 heterocycles. The van der Waals surface area contributed by atoms with E-state index in [1.807, 2.05) is 109 Å². The second kappa shape index (κ2) is 11.9. The first-order chi connectivity index (χ1) is 18.6. The summed E-state index contributed by atoms with van der Waals surface area (Å²) in [4.78, 5) is 0. The molecule has 0 atom stereocenters. The van der Waals surface area contributed by atoms with E-state index in [9.17, 15) is 9.67 Å². The van der Waals surface area contributed by atoms with Crippen molar-refractivity contribution in [2.45, 2.75) is 19.0 Å². The van der Waals surface area contributed by atoms with Crippen molar-refractivity contribution in [3.05, 3.63) is 161 Å². The van der Waals surface area contributed by atoms with Crippen molar-refractivity contribution in [3.63, 3.8) is 0 Å². The Bertz CT molecular complexity index is 1400. The molecule has 4 nitrogen and oxygen atoms in total. The molecule has 0 aliphatic heterocycles. The predicted octanol–water partition coefficient (Wildman–Crippen LogP) is 8.42. The van der Waals surface area contributed by atoms with Gasteiger partial charge in [-0.25, -0.2) is 4.57 Å². The maximum Gasteiger partial charge on any atom is 0.435 e. The highest BCUT2D eigenvalue weighted by atomic mass is 31.2. The Hall–Kier alpha value is -4.27. The van der Waals surface area contributed by atoms with Crippen LogP contribution in [0.1, 0.15) is 27.8 Å². The van der Waals surface area contributed by atoms with Gasteiger partial charge in [-0.3, -0.25) is 0 Å². The van der Waals surface area contributed by atoms with Gasteiger partial charge in [0.1, 0.15) is 17.2 Å². The molecule has 5 aromatic carbocycles. The van der Waals surface area contributed by atoms with E-state index in [-0.39, 0.29) is 11.9 Å². The van der Waals surface area contributed by atoms with E-state index in [1.165, 1.54) is 0 Å². The van der Waals surface area contributed by atoms with Gasteiger partial charge in [-0.15, -0.1) is 0 Å². The number of para-hydroxylation sites is 2. The molecule has 0 unspecified atom stereocenters. The lowest BCUT2D eigenvalue weighted by molar-refractivity contribution is 0.384. The minimum absolute atomic E-state index is 0.0423. The Balaban J connectivity index is 1.53. The standard InChI is InChI=1S/C33H29O4P/c34-33-29(21-26-13-5-1-6-14-26)23-28(24-30(33)22-27-15-7-2-8-16-27)25-38(35,36-31-17-9-3-10-18-31)37-32-19-11-4-12-20-32/h1-20,23-24,34H,21-22,25H2. The van der Waals surface area contributed by atoms with Crippen molar-refractivity contribution in [2.75, 3.05) is 0 Å². The Kier molecular flexibility index (Phi) is 7.92. The second-order valence-corrected chi connectivity index (χ2v) is 11.1. The maximum absolute atomic E-state index is 14.2. The van der Waals surface area contributed by atoms with E-state index in [0.29, 0.717) is 24.3 Å². The van der Waals surface area contributed by atoms with Gasteiger partial charge in [-0.1, -0.05) is 109 Å². The topological polar surface area (TPSA) is 55.8 Å². The molecule has 0 aliphatic carbocycles. The van der Waals surface area contributed by atoms with Crippen molar-refractivity contribution in [3.8, 4) is 17.2 Å². The quantitative estimate of drug-likeness (QED) is 0.188. The number of rotatable bonds is 10. The van der Waals surface area contributed by atoms with Gasteiger partial charge < -0.3 is 14.2 Å². The fraction of sp³-hybridized carbons (Fsp3) is 0.0909. The molecule has 0 aromatic heterocycles. The molecule has 1 N–H and O–H groups in total. The monoisotopic (exact) mass is 520 g/mol. The summed E-state index contributed by atoms with van der Waals surface area (Å²) in [7, 11) is -3.69. The molecule has 0 spiro atoms. The van der Waals surface area contributed by atoms with Crippen LogP contribution in [0.3, 0.4) is 0 Å². The predicted molar refractivity (Wildman–Crippen MR) is 152 cm³/mol. The van der Waals surface area contributed by atoms with E-state index in [1.54, 1.807) is 24.3 Å². The summed E-state index contributed by atoms with van der Waals surface area (Å²) in [5.41, 5.74) is 4.47. The zero-order valence-corrected chi connectivity index (χ0v) is 21.8. The molecule has 5 rings (SSSR count). The highest BCUT2D eigenvalue weighted by Gasteiger charge is 2.30. The van der Waals surface area contributed by atoms with Gasteiger partial charge in [0.15, 0.2) is 0 Å². The van der Waals surface area contributed by atoms with Crippen LogP contribution >= 0.6 is 7.60 Å². The van der Waals surface area contributed by atoms with E-state index in [2.05, 4.69) is 0 Å². The summed E-state index contributed by atoms with van der Waals surface area (Å²) in [5.74, 6) is 1.20. The number of hydrogen-bond donors (Lipinski definition) is 1. The minimum Gasteiger partial charge on any atom is -0.507 e. The number of hydrogen-bond acceptors (Lipinski definition) is 4. The average molecular weight is 521 g/mol. The normalized spacial score (nSPS) is 11.2. The van der Waals surface area contributed by atoms with Gasteiger partial charge in [0, 0.05) is 12.8 Å². The third-order valence-electron chi connectivity index (χ3n) is 6.15. The number of phenols is 1. The Labute approximate surface area is 223 Å². The average Bonchev–Trinajstić information content (AvgIpc) is 2.93. The van der Waals surface area contributed by atoms with Crippen LogP contribution in [-0.2, 0) is 23.6 Å². The lowest BCUT2D eigenvalue weighted by Gasteiger charge is -2.21. The minimum atomic E-state index is -3.69. The molecular formula is C33H29O4P. The Morgan fingerprint density at radius 2 is 0.895 bits per heavy atom. The summed E-state index contributed by atoms with van der Waals surface area (Å²) in [6.45, 7) is 0. The molecule has 38 heavy (non-hydrogen) atoms. The number of phenolic OH excluding ortho intramolecular Hbond substituents is 1. The van der Waals surface area contributed by atoms with Gasteiger partial charge in [0.2, 0.25) is 0 Å². The summed E-state index contributed by atoms with van der Waals surface area (Å²) in [6.07, 6.45) is 1.14. The van der Waals surface area contributed by atoms with E-state index >= 15 is 0 Å². The zero-order valence-electron chi connectivity index (χ0n) is 20.9. The third-order valence-corrected chi connectivity index (χ3v) is 7.88. The largest absolute Gasteiger partial charge is 0.507 e. The van der Waals surface area contributed by atoms with Crippen LogP contribution in [0.15, 0.2) is 133 Å². The van der Waals surface area contributed by atoms with Crippen molar-refractivity contribution in [2.24, 2.45) is 0 Å². The van der Waals surface area contributed by atoms with Crippen LogP contribution < -0.4 is 9.05 Å². The van der Waals surface area contributed by atoms with Crippen LogP contribution in [0, 0.1) is 0 Å². The van der Waals surface area contributed by atoms with Crippen LogP contribution in [0.2, 0.25) is 0 Å². The van der Waals surface area contributed by atoms with Gasteiger partial charge in [0.25, 0.3) is 0 Å². The highest BCUT2D eigenvalue weighted by molar-refractivity contribution is 7.53. The van der Waals surface area contributed by atoms with Gasteiger partial charge in [-0.2, -0.15) is 0 Å². The molecule has 5 heteroatoms. The number of benzene rings is 5. The summed E-state index contributed by atoms with van der Waals surface area (Å²) < 4.78 is 26.3. The van der Waals surface area contributed by atoms with E-state index < -0.39 is 7.60 Å². The fourth-order valence-electron chi connectivity index (χ4n) is 4.42. The van der Waals surface area contributed by atoms with E-state index in [4.69, 9.17) is 9.05 Å². The summed E-state index contributed by atoms with van der Waals surface area (Å²) in [6, 6.07) is 42.0. The third kappa shape index (κ3) is 6.73. The van der Waals surface area contributed by atoms with Gasteiger partial charge >= 0.3 is 7.60 Å². The van der Waals surface area contributed by atoms with Gasteiger partial charge in [0.05, 0.1) is 6.16 Å². The molecule has 0 bridgehead atoms. The second-order valence-electron chi connectivity index (χ2n) is 9.17. The van der Waals surface area contributed by atoms with Crippen LogP contribution in [0.4, 0.5) is 0 Å². The fourth-order valence-corrected chi connectivity index (χ4v) is 6.10. The first-order valence-corrected chi connectivity index (χ1v) is 14.3. The summed E-state index contributed by atoms with van der Waals surface area (Å²) in [5, 5.41) is 11.3. The zero-order chi connectivity index (χ0) is 26.2. The lowest BCUT2D eigenvalue weighted by Crippen LogP contribution is -2.06. The molecule has 5 aromatic rings. The van der Waals surface area contributed by atoms with Crippen LogP contribution in [-0.4, -0.2) is 5.11 Å². The molecule has 0 amide bonds. The Morgan fingerprint density at radius 1 is 0.526 bits per heavy atom. The molecule has 0 saturated carbocycles. The van der Waals surface area contributed by atoms with E-state index in [0.717, 1.165) is 27.8 Å². The molecule has 0 fully saturated rings. The SMILES string of the molecule is O=P(Cc1cc(Cc2ccccc2)c(O)c(Cc2ccccc2)c1)(Oc1ccccc1)Oc1ccccc1. The lowest BCUT2D eigenvalue weighted by atomic mass is 9.95. The Morgan fingerprint density at radius 3 is 1.29 bits per heavy atom. The van der Waals surface area contributed by atoms with Crippen molar-refractivity contribution >= 4 is 7.60 Å². The molecule has 190 valence electrons. The highest BCUT2D eigenvalue weighted by Crippen LogP contribution is 2.52. The molecule has 0 aliphatic rings. The van der Waals surface area contributed by atoms with Gasteiger partial charge in [-0.05, 0) is 52.1 Å². The number of aromatic hydroxyl groups is 1. The first kappa shape index (κ1) is 25.4. The maximum atomic E-state index is 14.2. The molecule has 0 saturated heterocycles. The van der Waals surface area contributed by atoms with Crippen LogP contribution in [0.5, 0.6) is 17.2 Å². The molecular weight excluding hydrogens is 491 g/mol. The van der Waals surface area contributed by atoms with Crippen molar-refractivity contribution < 1.29 is 18.7 Å². The first-order valence-electron chi connectivity index (χ1n) is 12.6. The summed E-state index contributed by atoms with van der Waals surface area (Å²) >= 11 is 0.